The number of benzene rings is 1. The van der Waals surface area contributed by atoms with Crippen LogP contribution >= 0.6 is 0 Å². The Morgan fingerprint density at radius 3 is 2.82 bits per heavy atom. The van der Waals surface area contributed by atoms with Gasteiger partial charge in [0.2, 0.25) is 0 Å². The van der Waals surface area contributed by atoms with Crippen molar-refractivity contribution < 1.29 is 14.3 Å². The van der Waals surface area contributed by atoms with Gasteiger partial charge < -0.3 is 20.3 Å². The molecule has 1 heterocycles. The second kappa shape index (κ2) is 6.79. The Hall–Kier alpha value is -2.08. The van der Waals surface area contributed by atoms with Crippen molar-refractivity contribution in [3.05, 3.63) is 29.8 Å². The fourth-order valence-electron chi connectivity index (χ4n) is 2.45. The Labute approximate surface area is 130 Å². The van der Waals surface area contributed by atoms with E-state index in [9.17, 15) is 9.59 Å². The van der Waals surface area contributed by atoms with Crippen molar-refractivity contribution in [1.29, 1.82) is 0 Å². The number of amides is 3. The van der Waals surface area contributed by atoms with Crippen LogP contribution in [-0.4, -0.2) is 49.2 Å². The van der Waals surface area contributed by atoms with Crippen molar-refractivity contribution in [3.8, 4) is 0 Å². The minimum Gasteiger partial charge on any atom is -0.374 e. The number of rotatable bonds is 2. The molecule has 0 aliphatic carbocycles. The molecule has 1 aliphatic rings. The van der Waals surface area contributed by atoms with E-state index < -0.39 is 0 Å². The topological polar surface area (TPSA) is 70.7 Å². The first-order valence-electron chi connectivity index (χ1n) is 7.43. The van der Waals surface area contributed by atoms with Gasteiger partial charge in [-0.2, -0.15) is 0 Å². The molecule has 1 aliphatic heterocycles. The van der Waals surface area contributed by atoms with E-state index in [4.69, 9.17) is 4.74 Å². The van der Waals surface area contributed by atoms with Gasteiger partial charge in [-0.15, -0.1) is 0 Å². The van der Waals surface area contributed by atoms with Crippen LogP contribution < -0.4 is 10.6 Å². The Morgan fingerprint density at radius 2 is 2.09 bits per heavy atom. The van der Waals surface area contributed by atoms with Gasteiger partial charge in [-0.1, -0.05) is 6.07 Å². The molecule has 22 heavy (non-hydrogen) atoms. The van der Waals surface area contributed by atoms with Gasteiger partial charge in [0.25, 0.3) is 5.91 Å². The van der Waals surface area contributed by atoms with E-state index in [-0.39, 0.29) is 17.5 Å². The van der Waals surface area contributed by atoms with Crippen LogP contribution in [0.5, 0.6) is 0 Å². The van der Waals surface area contributed by atoms with Gasteiger partial charge in [0, 0.05) is 31.5 Å². The minimum atomic E-state index is -0.349. The fourth-order valence-corrected chi connectivity index (χ4v) is 2.45. The zero-order valence-electron chi connectivity index (χ0n) is 13.3. The lowest BCUT2D eigenvalue weighted by Crippen LogP contribution is -2.43. The lowest BCUT2D eigenvalue weighted by Gasteiger charge is -2.29. The largest absolute Gasteiger partial charge is 0.374 e. The van der Waals surface area contributed by atoms with Gasteiger partial charge in [0.05, 0.1) is 12.1 Å². The third-order valence-electron chi connectivity index (χ3n) is 3.53. The van der Waals surface area contributed by atoms with Crippen LogP contribution in [0.2, 0.25) is 0 Å². The first-order valence-corrected chi connectivity index (χ1v) is 7.43. The molecule has 0 aromatic heterocycles. The zero-order valence-corrected chi connectivity index (χ0v) is 13.3. The van der Waals surface area contributed by atoms with Gasteiger partial charge in [-0.25, -0.2) is 4.79 Å². The highest BCUT2D eigenvalue weighted by Gasteiger charge is 2.28. The summed E-state index contributed by atoms with van der Waals surface area (Å²) < 4.78 is 5.71. The molecule has 0 atom stereocenters. The van der Waals surface area contributed by atoms with Crippen molar-refractivity contribution in [2.75, 3.05) is 32.1 Å². The van der Waals surface area contributed by atoms with E-state index in [1.807, 2.05) is 13.8 Å². The van der Waals surface area contributed by atoms with Crippen LogP contribution in [0.1, 0.15) is 30.6 Å². The van der Waals surface area contributed by atoms with E-state index in [0.717, 1.165) is 6.42 Å². The number of nitrogens with one attached hydrogen (secondary N) is 2. The standard InChI is InChI=1S/C16H23N3O3/c1-16(2)11-19(8-5-9-22-16)15(21)18-13-7-4-6-12(10-13)14(20)17-3/h4,6-7,10H,5,8-9,11H2,1-3H3,(H,17,20)(H,18,21). The summed E-state index contributed by atoms with van der Waals surface area (Å²) in [4.78, 5) is 25.8. The highest BCUT2D eigenvalue weighted by Crippen LogP contribution is 2.18. The number of hydrogen-bond donors (Lipinski definition) is 2. The molecule has 3 amide bonds. The maximum atomic E-state index is 12.4. The average Bonchev–Trinajstić information content (AvgIpc) is 2.67. The number of hydrogen-bond acceptors (Lipinski definition) is 3. The molecule has 0 unspecified atom stereocenters. The minimum absolute atomic E-state index is 0.173. The molecule has 1 aromatic carbocycles. The van der Waals surface area contributed by atoms with Crippen LogP contribution in [0.4, 0.5) is 10.5 Å². The summed E-state index contributed by atoms with van der Waals surface area (Å²) in [5.74, 6) is -0.180. The number of ether oxygens (including phenoxy) is 1. The van der Waals surface area contributed by atoms with Crippen LogP contribution in [0, 0.1) is 0 Å². The SMILES string of the molecule is CNC(=O)c1cccc(NC(=O)N2CCCOC(C)(C)C2)c1. The van der Waals surface area contributed by atoms with Crippen molar-refractivity contribution in [2.24, 2.45) is 0 Å². The van der Waals surface area contributed by atoms with Crippen molar-refractivity contribution in [2.45, 2.75) is 25.9 Å². The monoisotopic (exact) mass is 305 g/mol. The van der Waals surface area contributed by atoms with Gasteiger partial charge in [-0.3, -0.25) is 4.79 Å². The maximum Gasteiger partial charge on any atom is 0.321 e. The molecule has 2 rings (SSSR count). The maximum absolute atomic E-state index is 12.4. The van der Waals surface area contributed by atoms with Crippen LogP contribution in [-0.2, 0) is 4.74 Å². The molecule has 0 spiro atoms. The van der Waals surface area contributed by atoms with Gasteiger partial charge in [0.15, 0.2) is 0 Å². The van der Waals surface area contributed by atoms with Crippen LogP contribution in [0.15, 0.2) is 24.3 Å². The number of urea groups is 1. The molecule has 0 saturated carbocycles. The van der Waals surface area contributed by atoms with E-state index in [1.54, 1.807) is 36.2 Å². The molecule has 6 heteroatoms. The number of anilines is 1. The van der Waals surface area contributed by atoms with Crippen molar-refractivity contribution in [1.82, 2.24) is 10.2 Å². The number of carbonyl (C=O) groups is 2. The summed E-state index contributed by atoms with van der Waals surface area (Å²) in [6.45, 7) is 5.80. The predicted octanol–water partition coefficient (Wildman–Crippen LogP) is 2.08. The summed E-state index contributed by atoms with van der Waals surface area (Å²) in [5, 5.41) is 5.41. The molecule has 1 saturated heterocycles. The van der Waals surface area contributed by atoms with Gasteiger partial charge in [0.1, 0.15) is 0 Å². The summed E-state index contributed by atoms with van der Waals surface area (Å²) in [7, 11) is 1.58. The molecule has 6 nitrogen and oxygen atoms in total. The highest BCUT2D eigenvalue weighted by atomic mass is 16.5. The molecule has 1 aromatic rings. The van der Waals surface area contributed by atoms with Gasteiger partial charge >= 0.3 is 6.03 Å². The normalized spacial score (nSPS) is 17.5. The summed E-state index contributed by atoms with van der Waals surface area (Å²) in [5.41, 5.74) is 0.770. The summed E-state index contributed by atoms with van der Waals surface area (Å²) in [6, 6.07) is 6.71. The van der Waals surface area contributed by atoms with E-state index in [1.165, 1.54) is 0 Å². The molecule has 0 radical (unpaired) electrons. The Morgan fingerprint density at radius 1 is 1.32 bits per heavy atom. The molecular formula is C16H23N3O3. The lowest BCUT2D eigenvalue weighted by molar-refractivity contribution is -0.0127. The van der Waals surface area contributed by atoms with Crippen molar-refractivity contribution in [3.63, 3.8) is 0 Å². The first kappa shape index (κ1) is 16.3. The smallest absolute Gasteiger partial charge is 0.321 e. The molecule has 0 bridgehead atoms. The number of nitrogens with zero attached hydrogens (tertiary/aromatic N) is 1. The van der Waals surface area contributed by atoms with E-state index >= 15 is 0 Å². The second-order valence-electron chi connectivity index (χ2n) is 5.97. The van der Waals surface area contributed by atoms with Crippen LogP contribution in [0.3, 0.4) is 0 Å². The Balaban J connectivity index is 2.06. The third-order valence-corrected chi connectivity index (χ3v) is 3.53. The second-order valence-corrected chi connectivity index (χ2v) is 5.97. The summed E-state index contributed by atoms with van der Waals surface area (Å²) in [6.07, 6.45) is 0.815. The molecule has 120 valence electrons. The first-order chi connectivity index (χ1) is 10.4. The molecular weight excluding hydrogens is 282 g/mol. The lowest BCUT2D eigenvalue weighted by atomic mass is 10.1. The quantitative estimate of drug-likeness (QED) is 0.879. The predicted molar refractivity (Wildman–Crippen MR) is 85.1 cm³/mol. The molecule has 1 fully saturated rings. The highest BCUT2D eigenvalue weighted by molar-refractivity contribution is 5.96. The molecule has 2 N–H and O–H groups in total. The summed E-state index contributed by atoms with van der Waals surface area (Å²) >= 11 is 0. The number of carbonyl (C=O) groups excluding carboxylic acids is 2. The van der Waals surface area contributed by atoms with E-state index in [2.05, 4.69) is 10.6 Å². The fraction of sp³-hybridized carbons (Fsp3) is 0.500. The zero-order chi connectivity index (χ0) is 16.2. The van der Waals surface area contributed by atoms with Crippen LogP contribution in [0.25, 0.3) is 0 Å². The third kappa shape index (κ3) is 4.21. The Bertz CT molecular complexity index is 557. The van der Waals surface area contributed by atoms with E-state index in [0.29, 0.717) is 30.9 Å². The average molecular weight is 305 g/mol. The van der Waals surface area contributed by atoms with Gasteiger partial charge in [-0.05, 0) is 38.5 Å². The van der Waals surface area contributed by atoms with Crippen molar-refractivity contribution >= 4 is 17.6 Å². The Kier molecular flexibility index (Phi) is 5.03.